The number of benzene rings is 1. The Morgan fingerprint density at radius 3 is 2.82 bits per heavy atom. The van der Waals surface area contributed by atoms with Crippen LogP contribution in [-0.2, 0) is 0 Å². The van der Waals surface area contributed by atoms with Gasteiger partial charge in [0.1, 0.15) is 0 Å². The Labute approximate surface area is 104 Å². The zero-order chi connectivity index (χ0) is 12.4. The van der Waals surface area contributed by atoms with Crippen molar-refractivity contribution < 1.29 is 14.2 Å². The van der Waals surface area contributed by atoms with E-state index in [1.165, 1.54) is 19.2 Å². The van der Waals surface area contributed by atoms with Crippen LogP contribution in [0, 0.1) is 10.1 Å². The van der Waals surface area contributed by atoms with E-state index in [0.717, 1.165) is 0 Å². The number of hydrogen-bond donors (Lipinski definition) is 0. The van der Waals surface area contributed by atoms with Crippen molar-refractivity contribution in [1.82, 2.24) is 10.1 Å². The first-order chi connectivity index (χ1) is 8.11. The maximum atomic E-state index is 10.8. The average molecular weight is 300 g/mol. The number of nitro groups is 1. The summed E-state index contributed by atoms with van der Waals surface area (Å²) in [6.45, 7) is 0. The maximum absolute atomic E-state index is 10.8. The Balaban J connectivity index is 2.50. The molecular weight excluding hydrogens is 294 g/mol. The van der Waals surface area contributed by atoms with E-state index in [4.69, 9.17) is 9.26 Å². The van der Waals surface area contributed by atoms with Crippen LogP contribution in [0.4, 0.5) is 5.69 Å². The molecule has 2 aromatic rings. The molecule has 0 aliphatic rings. The molecule has 88 valence electrons. The minimum Gasteiger partial charge on any atom is -0.490 e. The Morgan fingerprint density at radius 1 is 1.53 bits per heavy atom. The van der Waals surface area contributed by atoms with Crippen molar-refractivity contribution in [2.75, 3.05) is 7.11 Å². The summed E-state index contributed by atoms with van der Waals surface area (Å²) < 4.78 is 10.1. The highest BCUT2D eigenvalue weighted by Crippen LogP contribution is 2.31. The lowest BCUT2D eigenvalue weighted by molar-refractivity contribution is -0.385. The largest absolute Gasteiger partial charge is 0.490 e. The second-order valence-electron chi connectivity index (χ2n) is 3.01. The number of rotatable bonds is 3. The number of nitrogens with zero attached hydrogens (tertiary/aromatic N) is 3. The molecular formula is C9H6BrN3O4. The van der Waals surface area contributed by atoms with Gasteiger partial charge in [0.05, 0.1) is 12.0 Å². The molecule has 0 atom stereocenters. The summed E-state index contributed by atoms with van der Waals surface area (Å²) in [5, 5.41) is 14.4. The Kier molecular flexibility index (Phi) is 3.05. The van der Waals surface area contributed by atoms with Crippen LogP contribution in [0.15, 0.2) is 27.5 Å². The summed E-state index contributed by atoms with van der Waals surface area (Å²) in [4.78, 5) is 14.2. The standard InChI is InChI=1S/C9H6BrN3O4/c1-16-7-3-2-5(4-6(7)13(14)15)8-11-9(10)12-17-8/h2-4H,1H3. The molecule has 0 saturated heterocycles. The lowest BCUT2D eigenvalue weighted by Crippen LogP contribution is -1.94. The molecule has 0 aliphatic carbocycles. The summed E-state index contributed by atoms with van der Waals surface area (Å²) in [5.41, 5.74) is 0.301. The monoisotopic (exact) mass is 299 g/mol. The lowest BCUT2D eigenvalue weighted by Gasteiger charge is -2.01. The molecule has 1 aromatic heterocycles. The SMILES string of the molecule is COc1ccc(-c2nc(Br)no2)cc1[N+](=O)[O-]. The molecule has 0 bridgehead atoms. The summed E-state index contributed by atoms with van der Waals surface area (Å²) in [5.74, 6) is 0.375. The van der Waals surface area contributed by atoms with Gasteiger partial charge >= 0.3 is 5.69 Å². The molecule has 0 unspecified atom stereocenters. The van der Waals surface area contributed by atoms with Crippen molar-refractivity contribution in [3.05, 3.63) is 33.0 Å². The molecule has 0 amide bonds. The summed E-state index contributed by atoms with van der Waals surface area (Å²) in [6.07, 6.45) is 0. The number of aromatic nitrogens is 2. The molecule has 2 rings (SSSR count). The van der Waals surface area contributed by atoms with Crippen LogP contribution in [0.25, 0.3) is 11.5 Å². The maximum Gasteiger partial charge on any atom is 0.311 e. The van der Waals surface area contributed by atoms with Gasteiger partial charge < -0.3 is 9.26 Å². The highest BCUT2D eigenvalue weighted by Gasteiger charge is 2.18. The van der Waals surface area contributed by atoms with Gasteiger partial charge in [-0.05, 0) is 33.2 Å². The molecule has 0 N–H and O–H groups in total. The molecule has 8 heteroatoms. The molecule has 1 heterocycles. The van der Waals surface area contributed by atoms with E-state index in [2.05, 4.69) is 26.1 Å². The van der Waals surface area contributed by atoms with E-state index in [0.29, 0.717) is 5.56 Å². The first-order valence-corrected chi connectivity index (χ1v) is 5.23. The van der Waals surface area contributed by atoms with E-state index in [9.17, 15) is 10.1 Å². The van der Waals surface area contributed by atoms with Gasteiger partial charge in [0.2, 0.25) is 4.73 Å². The van der Waals surface area contributed by atoms with Gasteiger partial charge in [-0.25, -0.2) is 0 Å². The fourth-order valence-electron chi connectivity index (χ4n) is 1.29. The molecule has 0 aliphatic heterocycles. The smallest absolute Gasteiger partial charge is 0.311 e. The van der Waals surface area contributed by atoms with E-state index >= 15 is 0 Å². The van der Waals surface area contributed by atoms with Crippen molar-refractivity contribution in [2.24, 2.45) is 0 Å². The average Bonchev–Trinajstić information content (AvgIpc) is 2.75. The van der Waals surface area contributed by atoms with Crippen LogP contribution < -0.4 is 4.74 Å². The third-order valence-corrected chi connectivity index (χ3v) is 2.35. The van der Waals surface area contributed by atoms with Crippen LogP contribution in [0.3, 0.4) is 0 Å². The van der Waals surface area contributed by atoms with Crippen LogP contribution in [0.5, 0.6) is 5.75 Å². The van der Waals surface area contributed by atoms with Crippen molar-refractivity contribution in [1.29, 1.82) is 0 Å². The fourth-order valence-corrected chi connectivity index (χ4v) is 1.52. The zero-order valence-corrected chi connectivity index (χ0v) is 10.2. The van der Waals surface area contributed by atoms with Crippen LogP contribution >= 0.6 is 15.9 Å². The first-order valence-electron chi connectivity index (χ1n) is 4.44. The van der Waals surface area contributed by atoms with Gasteiger partial charge in [0, 0.05) is 11.6 Å². The summed E-state index contributed by atoms with van der Waals surface area (Å²) >= 11 is 3.03. The van der Waals surface area contributed by atoms with Crippen molar-refractivity contribution in [3.63, 3.8) is 0 Å². The Morgan fingerprint density at radius 2 is 2.29 bits per heavy atom. The number of hydrogen-bond acceptors (Lipinski definition) is 6. The van der Waals surface area contributed by atoms with Crippen LogP contribution in [-0.4, -0.2) is 22.2 Å². The quantitative estimate of drug-likeness (QED) is 0.638. The number of nitro benzene ring substituents is 1. The molecule has 1 aromatic carbocycles. The molecule has 0 spiro atoms. The van der Waals surface area contributed by atoms with Gasteiger partial charge in [-0.3, -0.25) is 10.1 Å². The third kappa shape index (κ3) is 2.26. The highest BCUT2D eigenvalue weighted by atomic mass is 79.9. The van der Waals surface area contributed by atoms with Crippen LogP contribution in [0.1, 0.15) is 0 Å². The second kappa shape index (κ2) is 4.50. The predicted molar refractivity (Wildman–Crippen MR) is 60.6 cm³/mol. The summed E-state index contributed by atoms with van der Waals surface area (Å²) in [7, 11) is 1.37. The molecule has 0 fully saturated rings. The predicted octanol–water partition coefficient (Wildman–Crippen LogP) is 2.42. The summed E-state index contributed by atoms with van der Waals surface area (Å²) in [6, 6.07) is 4.40. The number of ether oxygens (including phenoxy) is 1. The Bertz CT molecular complexity index is 569. The van der Waals surface area contributed by atoms with Gasteiger partial charge in [-0.2, -0.15) is 4.98 Å². The number of halogens is 1. The van der Waals surface area contributed by atoms with Crippen molar-refractivity contribution in [3.8, 4) is 17.2 Å². The molecule has 0 radical (unpaired) electrons. The molecule has 17 heavy (non-hydrogen) atoms. The Hall–Kier alpha value is -1.96. The number of methoxy groups -OCH3 is 1. The van der Waals surface area contributed by atoms with Crippen LogP contribution in [0.2, 0.25) is 0 Å². The van der Waals surface area contributed by atoms with Crippen molar-refractivity contribution in [2.45, 2.75) is 0 Å². The van der Waals surface area contributed by atoms with E-state index < -0.39 is 4.92 Å². The van der Waals surface area contributed by atoms with Gasteiger partial charge in [0.25, 0.3) is 5.89 Å². The van der Waals surface area contributed by atoms with Gasteiger partial charge in [-0.15, -0.1) is 0 Å². The van der Waals surface area contributed by atoms with E-state index in [-0.39, 0.29) is 22.1 Å². The van der Waals surface area contributed by atoms with Crippen molar-refractivity contribution >= 4 is 21.6 Å². The first kappa shape index (κ1) is 11.5. The van der Waals surface area contributed by atoms with E-state index in [1.807, 2.05) is 0 Å². The lowest BCUT2D eigenvalue weighted by atomic mass is 10.2. The minimum absolute atomic E-state index is 0.153. The topological polar surface area (TPSA) is 91.3 Å². The van der Waals surface area contributed by atoms with Gasteiger partial charge in [-0.1, -0.05) is 0 Å². The van der Waals surface area contributed by atoms with E-state index in [1.54, 1.807) is 6.07 Å². The zero-order valence-electron chi connectivity index (χ0n) is 8.58. The molecule has 0 saturated carbocycles. The highest BCUT2D eigenvalue weighted by molar-refractivity contribution is 9.10. The molecule has 7 nitrogen and oxygen atoms in total. The fraction of sp³-hybridized carbons (Fsp3) is 0.111. The second-order valence-corrected chi connectivity index (χ2v) is 3.72. The minimum atomic E-state index is -0.534. The normalized spacial score (nSPS) is 10.2. The van der Waals surface area contributed by atoms with Gasteiger partial charge in [0.15, 0.2) is 5.75 Å². The third-order valence-electron chi connectivity index (χ3n) is 2.02.